The molecule has 156 valence electrons. The summed E-state index contributed by atoms with van der Waals surface area (Å²) < 4.78 is 12.7. The number of ether oxygens (including phenoxy) is 2. The van der Waals surface area contributed by atoms with Crippen molar-refractivity contribution in [3.05, 3.63) is 59.9 Å². The van der Waals surface area contributed by atoms with Gasteiger partial charge in [-0.15, -0.1) is 10.2 Å². The zero-order valence-electron chi connectivity index (χ0n) is 17.3. The van der Waals surface area contributed by atoms with Crippen LogP contribution in [0.4, 0.5) is 0 Å². The lowest BCUT2D eigenvalue weighted by Crippen LogP contribution is -2.34. The van der Waals surface area contributed by atoms with Gasteiger partial charge in [0.15, 0.2) is 17.3 Å². The molecule has 1 amide bonds. The largest absolute Gasteiger partial charge is 0.493 e. The molecular weight excluding hydrogens is 380 g/mol. The fourth-order valence-electron chi connectivity index (χ4n) is 3.91. The van der Waals surface area contributed by atoms with Crippen LogP contribution in [0.25, 0.3) is 11.4 Å². The van der Waals surface area contributed by atoms with Crippen LogP contribution >= 0.6 is 0 Å². The molecule has 1 N–H and O–H groups in total. The first-order valence-electron chi connectivity index (χ1n) is 10.2. The molecular formula is C23H26N4O3. The minimum atomic E-state index is -0.269. The number of hydrogen-bond acceptors (Lipinski definition) is 5. The lowest BCUT2D eigenvalue weighted by atomic mass is 9.97. The van der Waals surface area contributed by atoms with E-state index in [4.69, 9.17) is 9.47 Å². The summed E-state index contributed by atoms with van der Waals surface area (Å²) >= 11 is 0. The van der Waals surface area contributed by atoms with Crippen molar-refractivity contribution < 1.29 is 14.3 Å². The molecule has 1 aromatic heterocycles. The van der Waals surface area contributed by atoms with Crippen molar-refractivity contribution in [2.24, 2.45) is 0 Å². The highest BCUT2D eigenvalue weighted by Gasteiger charge is 2.30. The summed E-state index contributed by atoms with van der Waals surface area (Å²) in [7, 11) is 3.23. The van der Waals surface area contributed by atoms with Gasteiger partial charge in [0, 0.05) is 18.7 Å². The Labute approximate surface area is 176 Å². The molecule has 30 heavy (non-hydrogen) atoms. The van der Waals surface area contributed by atoms with Crippen molar-refractivity contribution in [1.82, 2.24) is 20.1 Å². The highest BCUT2D eigenvalue weighted by molar-refractivity contribution is 5.83. The molecule has 3 aromatic rings. The molecule has 4 rings (SSSR count). The van der Waals surface area contributed by atoms with E-state index in [1.807, 2.05) is 48.5 Å². The number of rotatable bonds is 7. The number of amides is 1. The normalized spacial score (nSPS) is 15.3. The Kier molecular flexibility index (Phi) is 5.97. The Morgan fingerprint density at radius 2 is 1.90 bits per heavy atom. The fraction of sp³-hybridized carbons (Fsp3) is 0.348. The van der Waals surface area contributed by atoms with Crippen LogP contribution in [0, 0.1) is 0 Å². The van der Waals surface area contributed by atoms with E-state index in [9.17, 15) is 4.79 Å². The van der Waals surface area contributed by atoms with Gasteiger partial charge in [0.2, 0.25) is 5.91 Å². The number of carbonyl (C=O) groups is 1. The van der Waals surface area contributed by atoms with Crippen molar-refractivity contribution in [2.75, 3.05) is 20.8 Å². The number of fused-ring (bicyclic) bond motifs is 1. The van der Waals surface area contributed by atoms with Crippen molar-refractivity contribution in [3.63, 3.8) is 0 Å². The molecule has 7 nitrogen and oxygen atoms in total. The molecule has 1 atom stereocenters. The first-order chi connectivity index (χ1) is 14.7. The van der Waals surface area contributed by atoms with E-state index in [1.165, 1.54) is 0 Å². The fourth-order valence-corrected chi connectivity index (χ4v) is 3.91. The van der Waals surface area contributed by atoms with Crippen LogP contribution in [0.15, 0.2) is 48.5 Å². The summed E-state index contributed by atoms with van der Waals surface area (Å²) in [6.45, 7) is 1.38. The van der Waals surface area contributed by atoms with E-state index in [0.717, 1.165) is 42.2 Å². The first kappa shape index (κ1) is 19.9. The van der Waals surface area contributed by atoms with Crippen LogP contribution < -0.4 is 14.8 Å². The van der Waals surface area contributed by atoms with Gasteiger partial charge in [-0.1, -0.05) is 36.4 Å². The highest BCUT2D eigenvalue weighted by Crippen LogP contribution is 2.30. The minimum Gasteiger partial charge on any atom is -0.493 e. The lowest BCUT2D eigenvalue weighted by molar-refractivity contribution is -0.123. The van der Waals surface area contributed by atoms with Crippen molar-refractivity contribution in [3.8, 4) is 22.9 Å². The van der Waals surface area contributed by atoms with Crippen molar-refractivity contribution in [1.29, 1.82) is 0 Å². The van der Waals surface area contributed by atoms with Gasteiger partial charge >= 0.3 is 0 Å². The smallest absolute Gasteiger partial charge is 0.230 e. The number of carbonyl (C=O) groups excluding carboxylic acids is 1. The van der Waals surface area contributed by atoms with Gasteiger partial charge in [-0.05, 0) is 37.0 Å². The van der Waals surface area contributed by atoms with Gasteiger partial charge in [0.25, 0.3) is 0 Å². The average molecular weight is 406 g/mol. The molecule has 0 radical (unpaired) electrons. The van der Waals surface area contributed by atoms with E-state index in [2.05, 4.69) is 20.1 Å². The molecule has 2 aromatic carbocycles. The standard InChI is InChI=1S/C23H26N4O3/c1-29-19-11-10-16(15-20(19)30-2)12-13-24-23(28)18-9-6-14-27-21(25-26-22(18)27)17-7-4-3-5-8-17/h3-5,7-8,10-11,15,18H,6,9,12-14H2,1-2H3,(H,24,28). The van der Waals surface area contributed by atoms with Crippen molar-refractivity contribution >= 4 is 5.91 Å². The topological polar surface area (TPSA) is 78.3 Å². The highest BCUT2D eigenvalue weighted by atomic mass is 16.5. The minimum absolute atomic E-state index is 0.00318. The van der Waals surface area contributed by atoms with Gasteiger partial charge in [0.1, 0.15) is 5.82 Å². The third kappa shape index (κ3) is 4.01. The van der Waals surface area contributed by atoms with E-state index < -0.39 is 0 Å². The molecule has 0 bridgehead atoms. The summed E-state index contributed by atoms with van der Waals surface area (Å²) in [5.41, 5.74) is 2.09. The van der Waals surface area contributed by atoms with Crippen molar-refractivity contribution in [2.45, 2.75) is 31.7 Å². The van der Waals surface area contributed by atoms with Gasteiger partial charge in [-0.3, -0.25) is 4.79 Å². The summed E-state index contributed by atoms with van der Waals surface area (Å²) in [5, 5.41) is 11.8. The Balaban J connectivity index is 1.41. The van der Waals surface area contributed by atoms with Crippen LogP contribution in [0.3, 0.4) is 0 Å². The average Bonchev–Trinajstić information content (AvgIpc) is 3.23. The number of methoxy groups -OCH3 is 2. The predicted octanol–water partition coefficient (Wildman–Crippen LogP) is 3.20. The van der Waals surface area contributed by atoms with Gasteiger partial charge in [-0.25, -0.2) is 0 Å². The van der Waals surface area contributed by atoms with Gasteiger partial charge < -0.3 is 19.4 Å². The molecule has 7 heteroatoms. The molecule has 1 aliphatic rings. The number of nitrogens with zero attached hydrogens (tertiary/aromatic N) is 3. The van der Waals surface area contributed by atoms with Crippen LogP contribution in [0.1, 0.15) is 30.1 Å². The number of aromatic nitrogens is 3. The second-order valence-corrected chi connectivity index (χ2v) is 7.32. The van der Waals surface area contributed by atoms with Crippen LogP contribution in [-0.4, -0.2) is 41.4 Å². The lowest BCUT2D eigenvalue weighted by Gasteiger charge is -2.23. The Bertz CT molecular complexity index is 1020. The van der Waals surface area contributed by atoms with E-state index in [0.29, 0.717) is 24.5 Å². The maximum Gasteiger partial charge on any atom is 0.230 e. The summed E-state index contributed by atoms with van der Waals surface area (Å²) in [6, 6.07) is 15.8. The molecule has 1 unspecified atom stereocenters. The number of benzene rings is 2. The van der Waals surface area contributed by atoms with Crippen LogP contribution in [-0.2, 0) is 17.8 Å². The third-order valence-corrected chi connectivity index (χ3v) is 5.47. The predicted molar refractivity (Wildman–Crippen MR) is 114 cm³/mol. The quantitative estimate of drug-likeness (QED) is 0.652. The second kappa shape index (κ2) is 8.98. The van der Waals surface area contributed by atoms with Crippen LogP contribution in [0.5, 0.6) is 11.5 Å². The molecule has 0 spiro atoms. The van der Waals surface area contributed by atoms with E-state index >= 15 is 0 Å². The molecule has 0 aliphatic carbocycles. The van der Waals surface area contributed by atoms with Gasteiger partial charge in [-0.2, -0.15) is 0 Å². The third-order valence-electron chi connectivity index (χ3n) is 5.47. The van der Waals surface area contributed by atoms with Gasteiger partial charge in [0.05, 0.1) is 20.1 Å². The molecule has 0 fully saturated rings. The summed E-state index contributed by atoms with van der Waals surface area (Å²) in [4.78, 5) is 12.9. The number of nitrogens with one attached hydrogen (secondary N) is 1. The summed E-state index contributed by atoms with van der Waals surface area (Å²) in [6.07, 6.45) is 2.43. The summed E-state index contributed by atoms with van der Waals surface area (Å²) in [5.74, 6) is 2.70. The monoisotopic (exact) mass is 406 g/mol. The number of hydrogen-bond donors (Lipinski definition) is 1. The molecule has 0 saturated carbocycles. The Hall–Kier alpha value is -3.35. The van der Waals surface area contributed by atoms with E-state index in [-0.39, 0.29) is 11.8 Å². The Morgan fingerprint density at radius 1 is 1.10 bits per heavy atom. The van der Waals surface area contributed by atoms with E-state index in [1.54, 1.807) is 14.2 Å². The zero-order chi connectivity index (χ0) is 20.9. The van der Waals surface area contributed by atoms with Crippen LogP contribution in [0.2, 0.25) is 0 Å². The maximum atomic E-state index is 12.9. The SMILES string of the molecule is COc1ccc(CCNC(=O)C2CCCn3c(-c4ccccc4)nnc32)cc1OC. The Morgan fingerprint density at radius 3 is 2.67 bits per heavy atom. The first-order valence-corrected chi connectivity index (χ1v) is 10.2. The zero-order valence-corrected chi connectivity index (χ0v) is 17.3. The second-order valence-electron chi connectivity index (χ2n) is 7.32. The maximum absolute atomic E-state index is 12.9. The molecule has 1 aliphatic heterocycles. The molecule has 2 heterocycles. The molecule has 0 saturated heterocycles.